The molecule has 1 saturated heterocycles. The molecule has 0 radical (unpaired) electrons. The number of esters is 1. The lowest BCUT2D eigenvalue weighted by molar-refractivity contribution is -0.159. The average Bonchev–Trinajstić information content (AvgIpc) is 2.72. The van der Waals surface area contributed by atoms with Gasteiger partial charge in [-0.25, -0.2) is 0 Å². The van der Waals surface area contributed by atoms with Crippen LogP contribution in [0.2, 0.25) is 0 Å². The molecular formula is C21H24N2O4. The molecule has 27 heavy (non-hydrogen) atoms. The fraction of sp³-hybridized carbons (Fsp3) is 0.381. The van der Waals surface area contributed by atoms with E-state index in [1.165, 1.54) is 7.05 Å². The first-order valence-corrected chi connectivity index (χ1v) is 9.20. The third-order valence-corrected chi connectivity index (χ3v) is 5.04. The third kappa shape index (κ3) is 4.10. The van der Waals surface area contributed by atoms with Crippen LogP contribution < -0.4 is 5.32 Å². The van der Waals surface area contributed by atoms with Crippen molar-refractivity contribution in [1.29, 1.82) is 0 Å². The minimum absolute atomic E-state index is 0.0163. The van der Waals surface area contributed by atoms with Gasteiger partial charge in [0.15, 0.2) is 6.10 Å². The van der Waals surface area contributed by atoms with Gasteiger partial charge >= 0.3 is 5.97 Å². The first-order valence-electron chi connectivity index (χ1n) is 9.20. The molecule has 2 amide bonds. The molecule has 1 N–H and O–H groups in total. The number of hydrogen-bond donors (Lipinski definition) is 1. The predicted octanol–water partition coefficient (Wildman–Crippen LogP) is 2.37. The van der Waals surface area contributed by atoms with E-state index in [0.29, 0.717) is 31.5 Å². The highest BCUT2D eigenvalue weighted by atomic mass is 16.5. The van der Waals surface area contributed by atoms with Gasteiger partial charge in [0.25, 0.3) is 11.8 Å². The zero-order chi connectivity index (χ0) is 19.4. The van der Waals surface area contributed by atoms with Crippen LogP contribution in [-0.4, -0.2) is 48.9 Å². The number of likely N-dealkylation sites (N-methyl/N-ethyl adjacent to an activating group) is 1. The van der Waals surface area contributed by atoms with Crippen LogP contribution in [0, 0.1) is 5.92 Å². The molecule has 6 heteroatoms. The first-order chi connectivity index (χ1) is 13.0. The van der Waals surface area contributed by atoms with Crippen LogP contribution in [0.5, 0.6) is 0 Å². The molecule has 0 aromatic heterocycles. The monoisotopic (exact) mass is 368 g/mol. The van der Waals surface area contributed by atoms with E-state index in [0.717, 1.165) is 10.8 Å². The number of fused-ring (bicyclic) bond motifs is 1. The second-order valence-corrected chi connectivity index (χ2v) is 6.79. The van der Waals surface area contributed by atoms with Gasteiger partial charge in [-0.3, -0.25) is 14.4 Å². The summed E-state index contributed by atoms with van der Waals surface area (Å²) in [6.07, 6.45) is 0.267. The van der Waals surface area contributed by atoms with E-state index in [4.69, 9.17) is 4.74 Å². The third-order valence-electron chi connectivity index (χ3n) is 5.04. The summed E-state index contributed by atoms with van der Waals surface area (Å²) in [6, 6.07) is 13.5. The Morgan fingerprint density at radius 3 is 2.44 bits per heavy atom. The van der Waals surface area contributed by atoms with Gasteiger partial charge in [-0.1, -0.05) is 36.4 Å². The molecule has 6 nitrogen and oxygen atoms in total. The number of carbonyl (C=O) groups excluding carboxylic acids is 3. The predicted molar refractivity (Wildman–Crippen MR) is 102 cm³/mol. The quantitative estimate of drug-likeness (QED) is 0.841. The molecule has 1 fully saturated rings. The highest BCUT2D eigenvalue weighted by Crippen LogP contribution is 2.24. The molecule has 2 aromatic carbocycles. The molecule has 1 atom stereocenters. The Labute approximate surface area is 158 Å². The number of hydrogen-bond acceptors (Lipinski definition) is 4. The average molecular weight is 368 g/mol. The molecule has 1 aliphatic rings. The Hall–Kier alpha value is -2.89. The molecule has 0 unspecified atom stereocenters. The molecule has 1 heterocycles. The normalized spacial score (nSPS) is 16.0. The number of amides is 2. The van der Waals surface area contributed by atoms with Crippen molar-refractivity contribution in [2.45, 2.75) is 25.9 Å². The minimum Gasteiger partial charge on any atom is -0.452 e. The summed E-state index contributed by atoms with van der Waals surface area (Å²) in [5.41, 5.74) is 0.683. The molecule has 0 bridgehead atoms. The van der Waals surface area contributed by atoms with Crippen molar-refractivity contribution >= 4 is 28.6 Å². The van der Waals surface area contributed by atoms with Crippen LogP contribution in [0.25, 0.3) is 10.8 Å². The molecule has 0 saturated carbocycles. The maximum atomic E-state index is 13.0. The van der Waals surface area contributed by atoms with E-state index in [9.17, 15) is 14.4 Å². The summed E-state index contributed by atoms with van der Waals surface area (Å²) < 4.78 is 5.23. The number of nitrogens with one attached hydrogen (secondary N) is 1. The Balaban J connectivity index is 1.62. The Kier molecular flexibility index (Phi) is 5.74. The van der Waals surface area contributed by atoms with E-state index < -0.39 is 6.10 Å². The highest BCUT2D eigenvalue weighted by Gasteiger charge is 2.30. The van der Waals surface area contributed by atoms with Crippen LogP contribution in [0.1, 0.15) is 30.1 Å². The van der Waals surface area contributed by atoms with Gasteiger partial charge in [-0.05, 0) is 36.6 Å². The Bertz CT molecular complexity index is 851. The van der Waals surface area contributed by atoms with Gasteiger partial charge in [0.05, 0.1) is 5.92 Å². The lowest BCUT2D eigenvalue weighted by atomic mass is 9.95. The number of ether oxygens (including phenoxy) is 1. The fourth-order valence-corrected chi connectivity index (χ4v) is 3.43. The molecule has 142 valence electrons. The molecule has 0 spiro atoms. The zero-order valence-corrected chi connectivity index (χ0v) is 15.6. The fourth-order valence-electron chi connectivity index (χ4n) is 3.43. The molecule has 3 rings (SSSR count). The number of rotatable bonds is 4. The molecular weight excluding hydrogens is 344 g/mol. The summed E-state index contributed by atoms with van der Waals surface area (Å²) >= 11 is 0. The minimum atomic E-state index is -0.808. The van der Waals surface area contributed by atoms with Crippen molar-refractivity contribution in [1.82, 2.24) is 10.2 Å². The van der Waals surface area contributed by atoms with Crippen LogP contribution >= 0.6 is 0 Å². The number of carbonyl (C=O) groups is 3. The van der Waals surface area contributed by atoms with E-state index in [2.05, 4.69) is 5.32 Å². The van der Waals surface area contributed by atoms with E-state index in [1.807, 2.05) is 42.5 Å². The van der Waals surface area contributed by atoms with Crippen molar-refractivity contribution in [3.63, 3.8) is 0 Å². The number of likely N-dealkylation sites (tertiary alicyclic amines) is 1. The van der Waals surface area contributed by atoms with Crippen molar-refractivity contribution in [3.05, 3.63) is 48.0 Å². The Morgan fingerprint density at radius 1 is 1.07 bits per heavy atom. The summed E-state index contributed by atoms with van der Waals surface area (Å²) in [7, 11) is 1.50. The topological polar surface area (TPSA) is 75.7 Å². The standard InChI is InChI=1S/C21H24N2O4/c1-14(19(24)22-2)27-21(26)16-10-12-23(13-11-16)20(25)18-9-5-7-15-6-3-4-8-17(15)18/h3-9,14,16H,10-13H2,1-2H3,(H,22,24)/t14-/m0/s1. The highest BCUT2D eigenvalue weighted by molar-refractivity contribution is 6.07. The van der Waals surface area contributed by atoms with E-state index >= 15 is 0 Å². The van der Waals surface area contributed by atoms with Crippen molar-refractivity contribution in [3.8, 4) is 0 Å². The number of piperidine rings is 1. The van der Waals surface area contributed by atoms with Gasteiger partial charge in [0.2, 0.25) is 0 Å². The molecule has 0 aliphatic carbocycles. The van der Waals surface area contributed by atoms with Crippen molar-refractivity contribution in [2.75, 3.05) is 20.1 Å². The zero-order valence-electron chi connectivity index (χ0n) is 15.6. The van der Waals surface area contributed by atoms with Gasteiger partial charge < -0.3 is 15.0 Å². The molecule has 1 aliphatic heterocycles. The van der Waals surface area contributed by atoms with E-state index in [1.54, 1.807) is 11.8 Å². The summed E-state index contributed by atoms with van der Waals surface area (Å²) in [6.45, 7) is 2.54. The number of benzene rings is 2. The summed E-state index contributed by atoms with van der Waals surface area (Å²) in [5, 5.41) is 4.43. The van der Waals surface area contributed by atoms with Crippen LogP contribution in [-0.2, 0) is 14.3 Å². The van der Waals surface area contributed by atoms with Crippen LogP contribution in [0.3, 0.4) is 0 Å². The van der Waals surface area contributed by atoms with Gasteiger partial charge in [-0.15, -0.1) is 0 Å². The van der Waals surface area contributed by atoms with Gasteiger partial charge in [-0.2, -0.15) is 0 Å². The van der Waals surface area contributed by atoms with E-state index in [-0.39, 0.29) is 23.7 Å². The SMILES string of the molecule is CNC(=O)[C@H](C)OC(=O)C1CCN(C(=O)c2cccc3ccccc23)CC1. The maximum Gasteiger partial charge on any atom is 0.309 e. The van der Waals surface area contributed by atoms with Crippen LogP contribution in [0.15, 0.2) is 42.5 Å². The van der Waals surface area contributed by atoms with Gasteiger partial charge in [0.1, 0.15) is 0 Å². The van der Waals surface area contributed by atoms with Crippen LogP contribution in [0.4, 0.5) is 0 Å². The largest absolute Gasteiger partial charge is 0.452 e. The summed E-state index contributed by atoms with van der Waals surface area (Å²) in [5.74, 6) is -0.999. The second-order valence-electron chi connectivity index (χ2n) is 6.79. The van der Waals surface area contributed by atoms with Crippen molar-refractivity contribution < 1.29 is 19.1 Å². The number of nitrogens with zero attached hydrogens (tertiary/aromatic N) is 1. The lowest BCUT2D eigenvalue weighted by Gasteiger charge is -2.31. The smallest absolute Gasteiger partial charge is 0.309 e. The second kappa shape index (κ2) is 8.20. The lowest BCUT2D eigenvalue weighted by Crippen LogP contribution is -2.42. The maximum absolute atomic E-state index is 13.0. The Morgan fingerprint density at radius 2 is 1.74 bits per heavy atom. The van der Waals surface area contributed by atoms with Gasteiger partial charge in [0, 0.05) is 25.7 Å². The van der Waals surface area contributed by atoms with Crippen molar-refractivity contribution in [2.24, 2.45) is 5.92 Å². The summed E-state index contributed by atoms with van der Waals surface area (Å²) in [4.78, 5) is 38.5. The molecule has 2 aromatic rings. The first kappa shape index (κ1) is 18.9.